The fourth-order valence-electron chi connectivity index (χ4n) is 2.77. The predicted molar refractivity (Wildman–Crippen MR) is 74.5 cm³/mol. The van der Waals surface area contributed by atoms with E-state index in [9.17, 15) is 4.79 Å². The molecule has 0 radical (unpaired) electrons. The fraction of sp³-hybridized carbons (Fsp3) is 0.375. The van der Waals surface area contributed by atoms with Gasteiger partial charge in [-0.3, -0.25) is 4.79 Å². The van der Waals surface area contributed by atoms with Gasteiger partial charge in [-0.05, 0) is 25.0 Å². The average molecular weight is 254 g/mol. The van der Waals surface area contributed by atoms with Crippen molar-refractivity contribution < 1.29 is 4.79 Å². The Hall–Kier alpha value is -1.90. The van der Waals surface area contributed by atoms with Gasteiger partial charge in [0.2, 0.25) is 0 Å². The molecule has 1 fully saturated rings. The highest BCUT2D eigenvalue weighted by Gasteiger charge is 2.23. The van der Waals surface area contributed by atoms with E-state index in [1.807, 2.05) is 36.5 Å². The normalized spacial score (nSPS) is 16.4. The molecule has 0 unspecified atom stereocenters. The minimum absolute atomic E-state index is 0.210. The second-order valence-corrected chi connectivity index (χ2v) is 5.21. The minimum Gasteiger partial charge on any atom is -0.294 e. The van der Waals surface area contributed by atoms with Gasteiger partial charge in [0.15, 0.2) is 5.78 Å². The van der Waals surface area contributed by atoms with Crippen LogP contribution in [0.2, 0.25) is 0 Å². The van der Waals surface area contributed by atoms with Crippen molar-refractivity contribution in [2.24, 2.45) is 5.92 Å². The molecule has 2 aromatic rings. The third-order valence-corrected chi connectivity index (χ3v) is 3.86. The molecule has 0 atom stereocenters. The molecule has 1 aliphatic rings. The summed E-state index contributed by atoms with van der Waals surface area (Å²) in [6.07, 6.45) is 9.26. The van der Waals surface area contributed by atoms with Crippen LogP contribution in [0.25, 0.3) is 5.69 Å². The monoisotopic (exact) mass is 254 g/mol. The van der Waals surface area contributed by atoms with E-state index in [4.69, 9.17) is 0 Å². The number of ketones is 1. The van der Waals surface area contributed by atoms with Crippen molar-refractivity contribution in [1.82, 2.24) is 9.78 Å². The van der Waals surface area contributed by atoms with Gasteiger partial charge in [0.05, 0.1) is 17.4 Å². The maximum Gasteiger partial charge on any atom is 0.169 e. The molecule has 19 heavy (non-hydrogen) atoms. The van der Waals surface area contributed by atoms with Crippen LogP contribution in [0.4, 0.5) is 0 Å². The fourth-order valence-corrected chi connectivity index (χ4v) is 2.77. The topological polar surface area (TPSA) is 34.9 Å². The number of nitrogens with zero attached hydrogens (tertiary/aromatic N) is 2. The van der Waals surface area contributed by atoms with Crippen molar-refractivity contribution in [2.75, 3.05) is 0 Å². The van der Waals surface area contributed by atoms with Crippen molar-refractivity contribution in [3.63, 3.8) is 0 Å². The summed E-state index contributed by atoms with van der Waals surface area (Å²) in [4.78, 5) is 12.4. The average Bonchev–Trinajstić information content (AvgIpc) is 2.98. The molecule has 1 aromatic carbocycles. The maximum absolute atomic E-state index is 12.4. The van der Waals surface area contributed by atoms with Gasteiger partial charge in [-0.2, -0.15) is 5.10 Å². The zero-order chi connectivity index (χ0) is 13.1. The molecule has 98 valence electrons. The number of para-hydroxylation sites is 1. The Kier molecular flexibility index (Phi) is 3.45. The van der Waals surface area contributed by atoms with Gasteiger partial charge in [0.1, 0.15) is 0 Å². The van der Waals surface area contributed by atoms with E-state index in [2.05, 4.69) is 5.10 Å². The Morgan fingerprint density at radius 3 is 2.58 bits per heavy atom. The lowest BCUT2D eigenvalue weighted by Crippen LogP contribution is -2.17. The summed E-state index contributed by atoms with van der Waals surface area (Å²) in [7, 11) is 0. The third kappa shape index (κ3) is 2.60. The highest BCUT2D eigenvalue weighted by Crippen LogP contribution is 2.26. The molecule has 0 bridgehead atoms. The summed E-state index contributed by atoms with van der Waals surface area (Å²) in [5.41, 5.74) is 1.74. The Morgan fingerprint density at radius 1 is 1.11 bits per heavy atom. The van der Waals surface area contributed by atoms with E-state index in [0.717, 1.165) is 24.1 Å². The quantitative estimate of drug-likeness (QED) is 0.784. The Morgan fingerprint density at radius 2 is 1.84 bits per heavy atom. The lowest BCUT2D eigenvalue weighted by molar-refractivity contribution is 0.0889. The number of carbonyl (C=O) groups excluding carboxylic acids is 1. The van der Waals surface area contributed by atoms with E-state index in [0.29, 0.717) is 0 Å². The van der Waals surface area contributed by atoms with E-state index in [-0.39, 0.29) is 11.7 Å². The molecule has 0 aliphatic heterocycles. The van der Waals surface area contributed by atoms with Crippen LogP contribution in [-0.4, -0.2) is 15.6 Å². The summed E-state index contributed by atoms with van der Waals surface area (Å²) in [5.74, 6) is 0.476. The van der Waals surface area contributed by atoms with Gasteiger partial charge in [-0.25, -0.2) is 4.68 Å². The van der Waals surface area contributed by atoms with Crippen LogP contribution in [0.1, 0.15) is 42.5 Å². The number of carbonyl (C=O) groups is 1. The number of hydrogen-bond acceptors (Lipinski definition) is 2. The molecule has 1 saturated carbocycles. The molecule has 0 amide bonds. The van der Waals surface area contributed by atoms with E-state index < -0.39 is 0 Å². The minimum atomic E-state index is 0.210. The first-order valence-electron chi connectivity index (χ1n) is 6.99. The van der Waals surface area contributed by atoms with Crippen LogP contribution >= 0.6 is 0 Å². The van der Waals surface area contributed by atoms with Crippen molar-refractivity contribution >= 4 is 5.78 Å². The standard InChI is InChI=1S/C16H18N2O/c19-16(13-7-3-1-4-8-13)14-11-17-18(12-14)15-9-5-2-6-10-15/h2,5-6,9-13H,1,3-4,7-8H2. The summed E-state index contributed by atoms with van der Waals surface area (Å²) in [5, 5.41) is 4.30. The molecular weight excluding hydrogens is 236 g/mol. The van der Waals surface area contributed by atoms with E-state index in [1.165, 1.54) is 19.3 Å². The second-order valence-electron chi connectivity index (χ2n) is 5.21. The largest absolute Gasteiger partial charge is 0.294 e. The highest BCUT2D eigenvalue weighted by molar-refractivity contribution is 5.97. The number of Topliss-reactive ketones (excluding diaryl/α,β-unsaturated/α-hetero) is 1. The third-order valence-electron chi connectivity index (χ3n) is 3.86. The zero-order valence-corrected chi connectivity index (χ0v) is 11.0. The predicted octanol–water partition coefficient (Wildman–Crippen LogP) is 3.64. The summed E-state index contributed by atoms with van der Waals surface area (Å²) in [6.45, 7) is 0. The van der Waals surface area contributed by atoms with Crippen LogP contribution < -0.4 is 0 Å². The van der Waals surface area contributed by atoms with Gasteiger partial charge in [-0.1, -0.05) is 37.5 Å². The second kappa shape index (κ2) is 5.39. The molecule has 1 heterocycles. The van der Waals surface area contributed by atoms with Crippen molar-refractivity contribution in [3.8, 4) is 5.69 Å². The van der Waals surface area contributed by atoms with Crippen molar-refractivity contribution in [3.05, 3.63) is 48.3 Å². The number of hydrogen-bond donors (Lipinski definition) is 0. The Labute approximate surface area is 113 Å². The number of rotatable bonds is 3. The van der Waals surface area contributed by atoms with Crippen LogP contribution in [0, 0.1) is 5.92 Å². The first-order chi connectivity index (χ1) is 9.34. The Bertz CT molecular complexity index is 553. The van der Waals surface area contributed by atoms with Crippen LogP contribution in [-0.2, 0) is 0 Å². The van der Waals surface area contributed by atoms with E-state index >= 15 is 0 Å². The molecular formula is C16H18N2O. The van der Waals surface area contributed by atoms with Crippen LogP contribution in [0.5, 0.6) is 0 Å². The van der Waals surface area contributed by atoms with Gasteiger partial charge >= 0.3 is 0 Å². The highest BCUT2D eigenvalue weighted by atomic mass is 16.1. The number of aromatic nitrogens is 2. The molecule has 0 N–H and O–H groups in total. The van der Waals surface area contributed by atoms with Gasteiger partial charge < -0.3 is 0 Å². The first kappa shape index (κ1) is 12.2. The van der Waals surface area contributed by atoms with Crippen LogP contribution in [0.15, 0.2) is 42.7 Å². The van der Waals surface area contributed by atoms with Crippen LogP contribution in [0.3, 0.4) is 0 Å². The number of benzene rings is 1. The smallest absolute Gasteiger partial charge is 0.169 e. The van der Waals surface area contributed by atoms with Gasteiger partial charge in [-0.15, -0.1) is 0 Å². The molecule has 3 nitrogen and oxygen atoms in total. The lowest BCUT2D eigenvalue weighted by Gasteiger charge is -2.19. The lowest BCUT2D eigenvalue weighted by atomic mass is 9.84. The first-order valence-corrected chi connectivity index (χ1v) is 6.99. The molecule has 3 heteroatoms. The summed E-state index contributed by atoms with van der Waals surface area (Å²) >= 11 is 0. The van der Waals surface area contributed by atoms with Gasteiger partial charge in [0, 0.05) is 12.1 Å². The molecule has 3 rings (SSSR count). The summed E-state index contributed by atoms with van der Waals surface area (Å²) < 4.78 is 1.77. The molecule has 1 aliphatic carbocycles. The van der Waals surface area contributed by atoms with Gasteiger partial charge in [0.25, 0.3) is 0 Å². The van der Waals surface area contributed by atoms with Crippen molar-refractivity contribution in [2.45, 2.75) is 32.1 Å². The molecule has 0 saturated heterocycles. The molecule has 1 aromatic heterocycles. The van der Waals surface area contributed by atoms with Crippen molar-refractivity contribution in [1.29, 1.82) is 0 Å². The molecule has 0 spiro atoms. The Balaban J connectivity index is 1.79. The van der Waals surface area contributed by atoms with E-state index in [1.54, 1.807) is 10.9 Å². The summed E-state index contributed by atoms with van der Waals surface area (Å²) in [6, 6.07) is 9.89. The SMILES string of the molecule is O=C(c1cnn(-c2ccccc2)c1)C1CCCCC1. The maximum atomic E-state index is 12.4. The zero-order valence-electron chi connectivity index (χ0n) is 11.0.